The molecule has 0 radical (unpaired) electrons. The number of carbonyl (C=O) groups excluding carboxylic acids is 1. The van der Waals surface area contributed by atoms with Gasteiger partial charge in [0.1, 0.15) is 11.6 Å². The largest absolute Gasteiger partial charge is 0.417 e. The Morgan fingerprint density at radius 3 is 2.46 bits per heavy atom. The van der Waals surface area contributed by atoms with E-state index in [4.69, 9.17) is 5.73 Å². The van der Waals surface area contributed by atoms with Crippen molar-refractivity contribution in [3.05, 3.63) is 96.1 Å². The van der Waals surface area contributed by atoms with Crippen LogP contribution in [0.15, 0.2) is 73.4 Å². The Morgan fingerprint density at radius 1 is 0.973 bits per heavy atom. The molecule has 37 heavy (non-hydrogen) atoms. The number of nitrogens with zero attached hydrogens (tertiary/aromatic N) is 6. The molecule has 1 atom stereocenters. The second-order valence-corrected chi connectivity index (χ2v) is 8.40. The molecular weight excluding hydrogens is 483 g/mol. The van der Waals surface area contributed by atoms with Crippen molar-refractivity contribution >= 4 is 33.4 Å². The molecule has 2 N–H and O–H groups in total. The Morgan fingerprint density at radius 2 is 1.76 bits per heavy atom. The van der Waals surface area contributed by atoms with Crippen LogP contribution >= 0.6 is 0 Å². The number of alkyl halides is 3. The summed E-state index contributed by atoms with van der Waals surface area (Å²) in [5, 5.41) is 2.17. The Hall–Kier alpha value is -4.67. The fourth-order valence-corrected chi connectivity index (χ4v) is 4.08. The van der Waals surface area contributed by atoms with E-state index < -0.39 is 17.8 Å². The van der Waals surface area contributed by atoms with Gasteiger partial charge in [-0.1, -0.05) is 0 Å². The van der Waals surface area contributed by atoms with E-state index in [0.717, 1.165) is 17.6 Å². The first-order valence-corrected chi connectivity index (χ1v) is 11.3. The summed E-state index contributed by atoms with van der Waals surface area (Å²) in [7, 11) is 0. The van der Waals surface area contributed by atoms with E-state index in [1.54, 1.807) is 62.0 Å². The molecular formula is C26H20F3N7O. The van der Waals surface area contributed by atoms with E-state index in [2.05, 4.69) is 24.9 Å². The first-order chi connectivity index (χ1) is 17.7. The smallest absolute Gasteiger partial charge is 0.383 e. The van der Waals surface area contributed by atoms with Gasteiger partial charge in [-0.15, -0.1) is 0 Å². The lowest BCUT2D eigenvalue weighted by Gasteiger charge is -2.28. The third kappa shape index (κ3) is 4.75. The van der Waals surface area contributed by atoms with Gasteiger partial charge < -0.3 is 10.6 Å². The topological polar surface area (TPSA) is 111 Å². The molecule has 0 saturated heterocycles. The molecule has 11 heteroatoms. The van der Waals surface area contributed by atoms with Crippen molar-refractivity contribution in [3.8, 4) is 0 Å². The molecule has 1 unspecified atom stereocenters. The second kappa shape index (κ2) is 9.41. The number of anilines is 1. The summed E-state index contributed by atoms with van der Waals surface area (Å²) in [5.41, 5.74) is 6.47. The zero-order valence-corrected chi connectivity index (χ0v) is 19.5. The Bertz CT molecular complexity index is 1590. The zero-order chi connectivity index (χ0) is 26.2. The number of rotatable bonds is 5. The first kappa shape index (κ1) is 24.0. The summed E-state index contributed by atoms with van der Waals surface area (Å²) in [4.78, 5) is 36.3. The predicted molar refractivity (Wildman–Crippen MR) is 131 cm³/mol. The maximum atomic E-state index is 13.8. The van der Waals surface area contributed by atoms with Gasteiger partial charge in [0.05, 0.1) is 29.4 Å². The van der Waals surface area contributed by atoms with Crippen LogP contribution in [0.3, 0.4) is 0 Å². The van der Waals surface area contributed by atoms with Crippen molar-refractivity contribution in [1.29, 1.82) is 0 Å². The summed E-state index contributed by atoms with van der Waals surface area (Å²) < 4.78 is 39.0. The number of pyridine rings is 3. The molecule has 0 aliphatic heterocycles. The molecule has 0 spiro atoms. The summed E-state index contributed by atoms with van der Waals surface area (Å²) >= 11 is 0. The van der Waals surface area contributed by atoms with Gasteiger partial charge >= 0.3 is 6.18 Å². The maximum Gasteiger partial charge on any atom is 0.417 e. The van der Waals surface area contributed by atoms with Gasteiger partial charge in [-0.2, -0.15) is 13.2 Å². The molecule has 4 aromatic heterocycles. The molecule has 1 amide bonds. The number of hydrogen-bond acceptors (Lipinski definition) is 7. The minimum absolute atomic E-state index is 0.0565. The molecule has 0 bridgehead atoms. The van der Waals surface area contributed by atoms with E-state index in [1.165, 1.54) is 11.0 Å². The fraction of sp³-hybridized carbons (Fsp3) is 0.154. The third-order valence-corrected chi connectivity index (χ3v) is 6.04. The Labute approximate surface area is 209 Å². The van der Waals surface area contributed by atoms with E-state index in [0.29, 0.717) is 33.5 Å². The number of benzene rings is 1. The van der Waals surface area contributed by atoms with Crippen molar-refractivity contribution in [3.63, 3.8) is 0 Å². The van der Waals surface area contributed by atoms with Crippen LogP contribution < -0.4 is 5.73 Å². The molecule has 186 valence electrons. The number of carbonyl (C=O) groups is 1. The highest BCUT2D eigenvalue weighted by Crippen LogP contribution is 2.31. The number of halogens is 3. The number of nitrogen functional groups attached to an aromatic ring is 1. The average molecular weight is 503 g/mol. The molecule has 0 aliphatic rings. The molecule has 4 heterocycles. The lowest BCUT2D eigenvalue weighted by Crippen LogP contribution is -2.34. The van der Waals surface area contributed by atoms with E-state index >= 15 is 0 Å². The predicted octanol–water partition coefficient (Wildman–Crippen LogP) is 4.97. The lowest BCUT2D eigenvalue weighted by atomic mass is 10.0. The highest BCUT2D eigenvalue weighted by molar-refractivity contribution is 6.11. The van der Waals surface area contributed by atoms with Crippen LogP contribution in [0, 0.1) is 0 Å². The van der Waals surface area contributed by atoms with Crippen LogP contribution in [0.25, 0.3) is 21.7 Å². The molecule has 5 rings (SSSR count). The van der Waals surface area contributed by atoms with E-state index in [1.807, 2.05) is 0 Å². The van der Waals surface area contributed by atoms with Gasteiger partial charge in [0.15, 0.2) is 0 Å². The lowest BCUT2D eigenvalue weighted by molar-refractivity contribution is -0.137. The van der Waals surface area contributed by atoms with Crippen molar-refractivity contribution < 1.29 is 18.0 Å². The standard InChI is InChI=1S/C26H20F3N7O/c1-15(24-32-8-2-9-33-24)36(14-18-5-4-17(12-34-18)26(27,28)29)25(37)16-3-6-22-20(11-16)19-7-10-31-13-21(19)23(30)35-22/h2-13,15H,14H2,1H3,(H2,30,35). The molecule has 0 aliphatic carbocycles. The van der Waals surface area contributed by atoms with Crippen LogP contribution in [0.5, 0.6) is 0 Å². The zero-order valence-electron chi connectivity index (χ0n) is 19.5. The molecule has 5 aromatic rings. The van der Waals surface area contributed by atoms with Crippen LogP contribution in [0.1, 0.15) is 40.4 Å². The first-order valence-electron chi connectivity index (χ1n) is 11.3. The Kier molecular flexibility index (Phi) is 6.12. The van der Waals surface area contributed by atoms with Gasteiger partial charge in [-0.25, -0.2) is 15.0 Å². The van der Waals surface area contributed by atoms with Crippen LogP contribution in [-0.4, -0.2) is 35.7 Å². The third-order valence-electron chi connectivity index (χ3n) is 6.04. The van der Waals surface area contributed by atoms with Gasteiger partial charge in [0.25, 0.3) is 5.91 Å². The van der Waals surface area contributed by atoms with Gasteiger partial charge in [0, 0.05) is 47.3 Å². The summed E-state index contributed by atoms with van der Waals surface area (Å²) in [6, 6.07) is 10.1. The Balaban J connectivity index is 1.56. The molecule has 0 fully saturated rings. The normalized spacial score (nSPS) is 12.5. The highest BCUT2D eigenvalue weighted by Gasteiger charge is 2.31. The van der Waals surface area contributed by atoms with Gasteiger partial charge in [-0.05, 0) is 54.8 Å². The average Bonchev–Trinajstić information content (AvgIpc) is 2.91. The van der Waals surface area contributed by atoms with Crippen LogP contribution in [0.4, 0.5) is 19.0 Å². The summed E-state index contributed by atoms with van der Waals surface area (Å²) in [5.74, 6) is 0.344. The van der Waals surface area contributed by atoms with Gasteiger partial charge in [0.2, 0.25) is 0 Å². The molecule has 8 nitrogen and oxygen atoms in total. The number of fused-ring (bicyclic) bond motifs is 3. The van der Waals surface area contributed by atoms with Gasteiger partial charge in [-0.3, -0.25) is 14.8 Å². The van der Waals surface area contributed by atoms with Crippen LogP contribution in [-0.2, 0) is 12.7 Å². The molecule has 0 saturated carbocycles. The SMILES string of the molecule is CC(c1ncccn1)N(Cc1ccc(C(F)(F)F)cn1)C(=O)c1ccc2nc(N)c3cnccc3c2c1. The quantitative estimate of drug-likeness (QED) is 0.337. The minimum atomic E-state index is -4.51. The highest BCUT2D eigenvalue weighted by atomic mass is 19.4. The number of amides is 1. The van der Waals surface area contributed by atoms with Crippen molar-refractivity contribution in [2.75, 3.05) is 5.73 Å². The number of nitrogens with two attached hydrogens (primary N) is 1. The van der Waals surface area contributed by atoms with E-state index in [-0.39, 0.29) is 18.1 Å². The number of aromatic nitrogens is 5. The molecule has 1 aromatic carbocycles. The van der Waals surface area contributed by atoms with Crippen molar-refractivity contribution in [2.24, 2.45) is 0 Å². The summed E-state index contributed by atoms with van der Waals surface area (Å²) in [6.07, 6.45) is 2.62. The number of hydrogen-bond donors (Lipinski definition) is 1. The second-order valence-electron chi connectivity index (χ2n) is 8.40. The monoisotopic (exact) mass is 503 g/mol. The van der Waals surface area contributed by atoms with Crippen LogP contribution in [0.2, 0.25) is 0 Å². The van der Waals surface area contributed by atoms with Crippen molar-refractivity contribution in [1.82, 2.24) is 29.8 Å². The van der Waals surface area contributed by atoms with E-state index in [9.17, 15) is 18.0 Å². The van der Waals surface area contributed by atoms with Crippen molar-refractivity contribution in [2.45, 2.75) is 25.7 Å². The minimum Gasteiger partial charge on any atom is -0.383 e. The fourth-order valence-electron chi connectivity index (χ4n) is 4.08. The maximum absolute atomic E-state index is 13.8. The summed E-state index contributed by atoms with van der Waals surface area (Å²) in [6.45, 7) is 1.70.